The summed E-state index contributed by atoms with van der Waals surface area (Å²) in [5, 5.41) is 0.201. The predicted octanol–water partition coefficient (Wildman–Crippen LogP) is 5.11. The summed E-state index contributed by atoms with van der Waals surface area (Å²) in [4.78, 5) is 25.3. The zero-order valence-corrected chi connectivity index (χ0v) is 15.9. The number of hydrogen-bond acceptors (Lipinski definition) is 3. The van der Waals surface area contributed by atoms with Crippen LogP contribution in [0.4, 0.5) is 4.39 Å². The Balaban J connectivity index is 2.05. The molecule has 0 saturated heterocycles. The maximum Gasteiger partial charge on any atom is 0.317 e. The molecule has 0 radical (unpaired) electrons. The van der Waals surface area contributed by atoms with Crippen molar-refractivity contribution in [3.63, 3.8) is 0 Å². The van der Waals surface area contributed by atoms with Crippen LogP contribution in [0.15, 0.2) is 48.5 Å². The van der Waals surface area contributed by atoms with E-state index < -0.39 is 23.6 Å². The first-order chi connectivity index (χ1) is 12.9. The van der Waals surface area contributed by atoms with Crippen LogP contribution in [0.5, 0.6) is 0 Å². The van der Waals surface area contributed by atoms with Crippen LogP contribution in [-0.4, -0.2) is 18.4 Å². The lowest BCUT2D eigenvalue weighted by molar-refractivity contribution is -0.151. The molecule has 0 aromatic heterocycles. The van der Waals surface area contributed by atoms with Crippen LogP contribution in [-0.2, 0) is 14.3 Å². The van der Waals surface area contributed by atoms with Gasteiger partial charge in [0.15, 0.2) is 5.78 Å². The first kappa shape index (κ1) is 19.3. The molecule has 0 aliphatic heterocycles. The number of halogens is 2. The monoisotopic (exact) mass is 386 g/mol. The number of carbonyl (C=O) groups is 2. The van der Waals surface area contributed by atoms with Crippen molar-refractivity contribution in [1.29, 1.82) is 0 Å². The van der Waals surface area contributed by atoms with E-state index in [9.17, 15) is 14.0 Å². The van der Waals surface area contributed by atoms with Crippen molar-refractivity contribution in [2.75, 3.05) is 6.61 Å². The SMILES string of the molecule is CCOC(=O)[C@@H]1C(=O)C=C(c2ccc(C)cc2)C[C@H]1c1ccc(F)cc1Cl. The average molecular weight is 387 g/mol. The summed E-state index contributed by atoms with van der Waals surface area (Å²) in [6.45, 7) is 3.86. The summed E-state index contributed by atoms with van der Waals surface area (Å²) in [5.41, 5.74) is 3.43. The van der Waals surface area contributed by atoms with Gasteiger partial charge in [-0.25, -0.2) is 4.39 Å². The normalized spacial score (nSPS) is 19.6. The molecule has 140 valence electrons. The van der Waals surface area contributed by atoms with Gasteiger partial charge in [-0.15, -0.1) is 0 Å². The van der Waals surface area contributed by atoms with E-state index in [4.69, 9.17) is 16.3 Å². The number of hydrogen-bond donors (Lipinski definition) is 0. The highest BCUT2D eigenvalue weighted by Crippen LogP contribution is 2.42. The highest BCUT2D eigenvalue weighted by Gasteiger charge is 2.40. The third kappa shape index (κ3) is 4.11. The number of ketones is 1. The summed E-state index contributed by atoms with van der Waals surface area (Å²) in [7, 11) is 0. The minimum absolute atomic E-state index is 0.182. The van der Waals surface area contributed by atoms with E-state index in [1.807, 2.05) is 31.2 Å². The lowest BCUT2D eigenvalue weighted by Crippen LogP contribution is -2.34. The van der Waals surface area contributed by atoms with Gasteiger partial charge in [-0.3, -0.25) is 9.59 Å². The minimum atomic E-state index is -0.984. The van der Waals surface area contributed by atoms with Crippen LogP contribution in [0.3, 0.4) is 0 Å². The Morgan fingerprint density at radius 3 is 2.56 bits per heavy atom. The fraction of sp³-hybridized carbons (Fsp3) is 0.273. The van der Waals surface area contributed by atoms with Gasteiger partial charge in [0.2, 0.25) is 0 Å². The lowest BCUT2D eigenvalue weighted by Gasteiger charge is -2.30. The summed E-state index contributed by atoms with van der Waals surface area (Å²) in [6, 6.07) is 11.9. The van der Waals surface area contributed by atoms with Crippen LogP contribution in [0, 0.1) is 18.7 Å². The van der Waals surface area contributed by atoms with E-state index in [1.54, 1.807) is 13.0 Å². The van der Waals surface area contributed by atoms with Gasteiger partial charge >= 0.3 is 5.97 Å². The molecule has 0 saturated carbocycles. The first-order valence-corrected chi connectivity index (χ1v) is 9.21. The van der Waals surface area contributed by atoms with Gasteiger partial charge in [0, 0.05) is 10.9 Å². The Morgan fingerprint density at radius 2 is 1.93 bits per heavy atom. The standard InChI is InChI=1S/C22H20ClFO3/c1-3-27-22(26)21-18(17-9-8-16(24)12-19(17)23)10-15(11-20(21)25)14-6-4-13(2)5-7-14/h4-9,11-12,18,21H,3,10H2,1-2H3/t18-,21-/m0/s1. The summed E-state index contributed by atoms with van der Waals surface area (Å²) in [6.07, 6.45) is 1.95. The van der Waals surface area contributed by atoms with E-state index in [2.05, 4.69) is 0 Å². The maximum absolute atomic E-state index is 13.5. The largest absolute Gasteiger partial charge is 0.465 e. The van der Waals surface area contributed by atoms with Crippen molar-refractivity contribution in [2.24, 2.45) is 5.92 Å². The number of benzene rings is 2. The van der Waals surface area contributed by atoms with Crippen molar-refractivity contribution in [3.8, 4) is 0 Å². The maximum atomic E-state index is 13.5. The molecule has 5 heteroatoms. The van der Waals surface area contributed by atoms with Crippen LogP contribution in [0.2, 0.25) is 5.02 Å². The summed E-state index contributed by atoms with van der Waals surface area (Å²) < 4.78 is 18.6. The fourth-order valence-corrected chi connectivity index (χ4v) is 3.75. The Labute approximate surface area is 162 Å². The molecule has 3 nitrogen and oxygen atoms in total. The molecule has 1 aliphatic rings. The van der Waals surface area contributed by atoms with Gasteiger partial charge in [-0.2, -0.15) is 0 Å². The smallest absolute Gasteiger partial charge is 0.317 e. The molecule has 27 heavy (non-hydrogen) atoms. The third-order valence-corrected chi connectivity index (χ3v) is 5.12. The average Bonchev–Trinajstić information content (AvgIpc) is 2.62. The summed E-state index contributed by atoms with van der Waals surface area (Å²) >= 11 is 6.25. The van der Waals surface area contributed by atoms with E-state index in [-0.39, 0.29) is 17.4 Å². The number of rotatable bonds is 4. The quantitative estimate of drug-likeness (QED) is 0.542. The highest BCUT2D eigenvalue weighted by atomic mass is 35.5. The van der Waals surface area contributed by atoms with Crippen LogP contribution >= 0.6 is 11.6 Å². The molecule has 2 aromatic rings. The molecule has 0 amide bonds. The molecule has 0 spiro atoms. The van der Waals surface area contributed by atoms with Gasteiger partial charge in [0.25, 0.3) is 0 Å². The predicted molar refractivity (Wildman–Crippen MR) is 103 cm³/mol. The second kappa shape index (κ2) is 8.05. The molecule has 0 unspecified atom stereocenters. The van der Waals surface area contributed by atoms with Crippen LogP contribution in [0.1, 0.15) is 36.0 Å². The number of aryl methyl sites for hydroxylation is 1. The van der Waals surface area contributed by atoms with Crippen molar-refractivity contribution >= 4 is 28.9 Å². The first-order valence-electron chi connectivity index (χ1n) is 8.83. The number of ether oxygens (including phenoxy) is 1. The van der Waals surface area contributed by atoms with Crippen molar-refractivity contribution in [3.05, 3.63) is 76.1 Å². The Morgan fingerprint density at radius 1 is 1.22 bits per heavy atom. The zero-order chi connectivity index (χ0) is 19.6. The Bertz CT molecular complexity index is 902. The molecule has 0 fully saturated rings. The van der Waals surface area contributed by atoms with Crippen LogP contribution in [0.25, 0.3) is 5.57 Å². The number of carbonyl (C=O) groups excluding carboxylic acids is 2. The minimum Gasteiger partial charge on any atom is -0.465 e. The molecule has 2 aromatic carbocycles. The molecular formula is C22H20ClFO3. The molecule has 3 rings (SSSR count). The van der Waals surface area contributed by atoms with Crippen LogP contribution < -0.4 is 0 Å². The van der Waals surface area contributed by atoms with Crippen molar-refractivity contribution in [1.82, 2.24) is 0 Å². The number of allylic oxidation sites excluding steroid dienone is 2. The molecular weight excluding hydrogens is 367 g/mol. The van der Waals surface area contributed by atoms with E-state index in [0.29, 0.717) is 12.0 Å². The van der Waals surface area contributed by atoms with Crippen molar-refractivity contribution in [2.45, 2.75) is 26.2 Å². The van der Waals surface area contributed by atoms with E-state index in [0.717, 1.165) is 16.7 Å². The van der Waals surface area contributed by atoms with E-state index >= 15 is 0 Å². The fourth-order valence-electron chi connectivity index (χ4n) is 3.45. The Kier molecular flexibility index (Phi) is 5.76. The molecule has 0 bridgehead atoms. The molecule has 0 heterocycles. The molecule has 0 N–H and O–H groups in total. The van der Waals surface area contributed by atoms with Gasteiger partial charge < -0.3 is 4.74 Å². The van der Waals surface area contributed by atoms with Gasteiger partial charge in [0.1, 0.15) is 11.7 Å². The summed E-state index contributed by atoms with van der Waals surface area (Å²) in [5.74, 6) is -2.85. The lowest BCUT2D eigenvalue weighted by atomic mass is 9.73. The topological polar surface area (TPSA) is 43.4 Å². The molecule has 2 atom stereocenters. The molecule has 1 aliphatic carbocycles. The highest BCUT2D eigenvalue weighted by molar-refractivity contribution is 6.31. The van der Waals surface area contributed by atoms with Gasteiger partial charge in [-0.1, -0.05) is 47.5 Å². The zero-order valence-electron chi connectivity index (χ0n) is 15.2. The van der Waals surface area contributed by atoms with Crippen molar-refractivity contribution < 1.29 is 18.7 Å². The number of esters is 1. The Hall–Kier alpha value is -2.46. The van der Waals surface area contributed by atoms with E-state index in [1.165, 1.54) is 18.2 Å². The third-order valence-electron chi connectivity index (χ3n) is 4.79. The van der Waals surface area contributed by atoms with Gasteiger partial charge in [-0.05, 0) is 55.2 Å². The van der Waals surface area contributed by atoms with Gasteiger partial charge in [0.05, 0.1) is 6.61 Å². The second-order valence-electron chi connectivity index (χ2n) is 6.64. The second-order valence-corrected chi connectivity index (χ2v) is 7.05.